The van der Waals surface area contributed by atoms with E-state index in [4.69, 9.17) is 5.26 Å². The molecule has 0 radical (unpaired) electrons. The molecule has 1 rings (SSSR count). The SMILES string of the molecule is CCC(=O)N(C)C(C#N)c1cccc(C)c1. The summed E-state index contributed by atoms with van der Waals surface area (Å²) in [6, 6.07) is 9.36. The van der Waals surface area contributed by atoms with Crippen LogP contribution in [-0.2, 0) is 4.79 Å². The maximum Gasteiger partial charge on any atom is 0.223 e. The number of aryl methyl sites for hydroxylation is 1. The molecule has 1 unspecified atom stereocenters. The first-order chi connectivity index (χ1) is 7.60. The van der Waals surface area contributed by atoms with Crippen LogP contribution < -0.4 is 0 Å². The normalized spacial score (nSPS) is 11.6. The molecule has 3 nitrogen and oxygen atoms in total. The third-order valence-electron chi connectivity index (χ3n) is 2.56. The van der Waals surface area contributed by atoms with Crippen molar-refractivity contribution in [1.82, 2.24) is 4.90 Å². The summed E-state index contributed by atoms with van der Waals surface area (Å²) in [4.78, 5) is 13.0. The molecule has 0 aliphatic rings. The lowest BCUT2D eigenvalue weighted by atomic mass is 10.0. The second kappa shape index (κ2) is 5.32. The molecule has 0 aromatic heterocycles. The van der Waals surface area contributed by atoms with Crippen LogP contribution >= 0.6 is 0 Å². The zero-order valence-electron chi connectivity index (χ0n) is 9.90. The molecular formula is C13H16N2O. The highest BCUT2D eigenvalue weighted by Crippen LogP contribution is 2.20. The minimum atomic E-state index is -0.493. The largest absolute Gasteiger partial charge is 0.326 e. The van der Waals surface area contributed by atoms with Crippen LogP contribution in [0.4, 0.5) is 0 Å². The van der Waals surface area contributed by atoms with Gasteiger partial charge in [0.25, 0.3) is 0 Å². The van der Waals surface area contributed by atoms with Gasteiger partial charge in [-0.05, 0) is 12.5 Å². The first-order valence-electron chi connectivity index (χ1n) is 5.32. The summed E-state index contributed by atoms with van der Waals surface area (Å²) in [5, 5.41) is 9.14. The minimum Gasteiger partial charge on any atom is -0.326 e. The molecule has 84 valence electrons. The lowest BCUT2D eigenvalue weighted by Gasteiger charge is -2.22. The van der Waals surface area contributed by atoms with Crippen LogP contribution in [0.3, 0.4) is 0 Å². The van der Waals surface area contributed by atoms with Gasteiger partial charge in [0.05, 0.1) is 6.07 Å². The summed E-state index contributed by atoms with van der Waals surface area (Å²) < 4.78 is 0. The van der Waals surface area contributed by atoms with Crippen molar-refractivity contribution in [1.29, 1.82) is 5.26 Å². The van der Waals surface area contributed by atoms with Gasteiger partial charge >= 0.3 is 0 Å². The van der Waals surface area contributed by atoms with E-state index in [9.17, 15) is 4.79 Å². The molecule has 0 N–H and O–H groups in total. The van der Waals surface area contributed by atoms with Crippen molar-refractivity contribution in [2.75, 3.05) is 7.05 Å². The fourth-order valence-electron chi connectivity index (χ4n) is 1.62. The van der Waals surface area contributed by atoms with E-state index in [1.807, 2.05) is 31.2 Å². The Labute approximate surface area is 96.3 Å². The third kappa shape index (κ3) is 2.60. The Morgan fingerprint density at radius 2 is 2.25 bits per heavy atom. The highest BCUT2D eigenvalue weighted by molar-refractivity contribution is 5.76. The van der Waals surface area contributed by atoms with Crippen LogP contribution in [0, 0.1) is 18.3 Å². The van der Waals surface area contributed by atoms with Crippen molar-refractivity contribution in [3.05, 3.63) is 35.4 Å². The van der Waals surface area contributed by atoms with Crippen LogP contribution in [0.25, 0.3) is 0 Å². The maximum atomic E-state index is 11.5. The summed E-state index contributed by atoms with van der Waals surface area (Å²) in [5.74, 6) is -0.0203. The number of nitriles is 1. The molecule has 0 fully saturated rings. The highest BCUT2D eigenvalue weighted by atomic mass is 16.2. The summed E-state index contributed by atoms with van der Waals surface area (Å²) in [7, 11) is 1.67. The van der Waals surface area contributed by atoms with E-state index >= 15 is 0 Å². The fourth-order valence-corrected chi connectivity index (χ4v) is 1.62. The van der Waals surface area contributed by atoms with Crippen LogP contribution in [0.1, 0.15) is 30.5 Å². The Morgan fingerprint density at radius 1 is 1.56 bits per heavy atom. The van der Waals surface area contributed by atoms with E-state index in [-0.39, 0.29) is 5.91 Å². The molecule has 0 saturated carbocycles. The molecule has 0 aliphatic heterocycles. The smallest absolute Gasteiger partial charge is 0.223 e. The molecule has 16 heavy (non-hydrogen) atoms. The second-order valence-electron chi connectivity index (χ2n) is 3.80. The first-order valence-corrected chi connectivity index (χ1v) is 5.32. The van der Waals surface area contributed by atoms with E-state index < -0.39 is 6.04 Å². The van der Waals surface area contributed by atoms with Crippen molar-refractivity contribution in [3.63, 3.8) is 0 Å². The van der Waals surface area contributed by atoms with Gasteiger partial charge in [0, 0.05) is 13.5 Å². The zero-order valence-corrected chi connectivity index (χ0v) is 9.90. The Balaban J connectivity index is 3.00. The van der Waals surface area contributed by atoms with Crippen LogP contribution in [-0.4, -0.2) is 17.9 Å². The zero-order chi connectivity index (χ0) is 12.1. The van der Waals surface area contributed by atoms with Gasteiger partial charge in [0.2, 0.25) is 5.91 Å². The first kappa shape index (κ1) is 12.3. The molecule has 1 aromatic carbocycles. The van der Waals surface area contributed by atoms with Gasteiger partial charge in [-0.1, -0.05) is 36.8 Å². The molecule has 1 amide bonds. The number of hydrogen-bond donors (Lipinski definition) is 0. The number of amides is 1. The maximum absolute atomic E-state index is 11.5. The number of carbonyl (C=O) groups excluding carboxylic acids is 1. The van der Waals surface area contributed by atoms with E-state index in [1.165, 1.54) is 4.90 Å². The quantitative estimate of drug-likeness (QED) is 0.778. The molecule has 0 aliphatic carbocycles. The number of nitrogens with zero attached hydrogens (tertiary/aromatic N) is 2. The lowest BCUT2D eigenvalue weighted by molar-refractivity contribution is -0.130. The molecule has 3 heteroatoms. The summed E-state index contributed by atoms with van der Waals surface area (Å²) in [6.45, 7) is 3.77. The predicted molar refractivity (Wildman–Crippen MR) is 62.6 cm³/mol. The van der Waals surface area contributed by atoms with Crippen molar-refractivity contribution < 1.29 is 4.79 Å². The number of carbonyl (C=O) groups is 1. The van der Waals surface area contributed by atoms with E-state index in [2.05, 4.69) is 6.07 Å². The second-order valence-corrected chi connectivity index (χ2v) is 3.80. The van der Waals surface area contributed by atoms with Gasteiger partial charge in [-0.25, -0.2) is 0 Å². The predicted octanol–water partition coefficient (Wildman–Crippen LogP) is 2.43. The summed E-state index contributed by atoms with van der Waals surface area (Å²) in [6.07, 6.45) is 0.417. The van der Waals surface area contributed by atoms with Crippen molar-refractivity contribution in [3.8, 4) is 6.07 Å². The average molecular weight is 216 g/mol. The van der Waals surface area contributed by atoms with Gasteiger partial charge in [0.15, 0.2) is 0 Å². The number of benzene rings is 1. The average Bonchev–Trinajstić information content (AvgIpc) is 2.29. The molecule has 0 bridgehead atoms. The fraction of sp³-hybridized carbons (Fsp3) is 0.385. The molecule has 0 spiro atoms. The van der Waals surface area contributed by atoms with Crippen molar-refractivity contribution >= 4 is 5.91 Å². The van der Waals surface area contributed by atoms with E-state index in [1.54, 1.807) is 14.0 Å². The molecule has 0 saturated heterocycles. The molecule has 1 atom stereocenters. The van der Waals surface area contributed by atoms with Crippen LogP contribution in [0.5, 0.6) is 0 Å². The number of hydrogen-bond acceptors (Lipinski definition) is 2. The van der Waals surface area contributed by atoms with Crippen LogP contribution in [0.2, 0.25) is 0 Å². The summed E-state index contributed by atoms with van der Waals surface area (Å²) >= 11 is 0. The Hall–Kier alpha value is -1.82. The van der Waals surface area contributed by atoms with Gasteiger partial charge in [-0.3, -0.25) is 4.79 Å². The molecular weight excluding hydrogens is 200 g/mol. The van der Waals surface area contributed by atoms with E-state index in [0.717, 1.165) is 11.1 Å². The molecule has 0 heterocycles. The van der Waals surface area contributed by atoms with Gasteiger partial charge in [-0.2, -0.15) is 5.26 Å². The van der Waals surface area contributed by atoms with Crippen molar-refractivity contribution in [2.45, 2.75) is 26.3 Å². The Kier molecular flexibility index (Phi) is 4.07. The Morgan fingerprint density at radius 3 is 2.75 bits per heavy atom. The van der Waals surface area contributed by atoms with Crippen molar-refractivity contribution in [2.24, 2.45) is 0 Å². The Bertz CT molecular complexity index is 420. The number of rotatable bonds is 3. The third-order valence-corrected chi connectivity index (χ3v) is 2.56. The molecule has 1 aromatic rings. The van der Waals surface area contributed by atoms with Crippen LogP contribution in [0.15, 0.2) is 24.3 Å². The topological polar surface area (TPSA) is 44.1 Å². The van der Waals surface area contributed by atoms with E-state index in [0.29, 0.717) is 6.42 Å². The summed E-state index contributed by atoms with van der Waals surface area (Å²) in [5.41, 5.74) is 1.96. The van der Waals surface area contributed by atoms with Gasteiger partial charge in [0.1, 0.15) is 6.04 Å². The highest BCUT2D eigenvalue weighted by Gasteiger charge is 2.19. The van der Waals surface area contributed by atoms with Gasteiger partial charge < -0.3 is 4.90 Å². The monoisotopic (exact) mass is 216 g/mol. The lowest BCUT2D eigenvalue weighted by Crippen LogP contribution is -2.29. The minimum absolute atomic E-state index is 0.0203. The standard InChI is InChI=1S/C13H16N2O/c1-4-13(16)15(3)12(9-14)11-7-5-6-10(2)8-11/h5-8,12H,4H2,1-3H3. The van der Waals surface area contributed by atoms with Gasteiger partial charge in [-0.15, -0.1) is 0 Å².